The van der Waals surface area contributed by atoms with E-state index in [1.807, 2.05) is 29.1 Å². The molecule has 0 saturated carbocycles. The molecule has 114 valence electrons. The molecule has 0 unspecified atom stereocenters. The normalized spacial score (nSPS) is 11.0. The third-order valence-corrected chi connectivity index (χ3v) is 4.06. The van der Waals surface area contributed by atoms with Crippen LogP contribution in [0.3, 0.4) is 0 Å². The Hall–Kier alpha value is -1.07. The van der Waals surface area contributed by atoms with Crippen LogP contribution in [0.25, 0.3) is 0 Å². The average molecular weight is 328 g/mol. The second-order valence-electron chi connectivity index (χ2n) is 4.83. The molecule has 0 bridgehead atoms. The number of benzene rings is 1. The molecule has 1 aromatic heterocycles. The Bertz CT molecular complexity index is 599. The number of rotatable bonds is 7. The topological polar surface area (TPSA) is 39.1 Å². The molecule has 0 aliphatic carbocycles. The van der Waals surface area contributed by atoms with Crippen molar-refractivity contribution in [2.45, 2.75) is 20.0 Å². The molecule has 0 spiro atoms. The SMILES string of the molecule is COCCNCc1cnn(Cc2ccc(Cl)c(Cl)c2)c1C. The Morgan fingerprint density at radius 3 is 2.81 bits per heavy atom. The van der Waals surface area contributed by atoms with Crippen LogP contribution in [0.15, 0.2) is 24.4 Å². The van der Waals surface area contributed by atoms with Gasteiger partial charge < -0.3 is 10.1 Å². The van der Waals surface area contributed by atoms with Gasteiger partial charge in [0.25, 0.3) is 0 Å². The zero-order valence-electron chi connectivity index (χ0n) is 12.2. The minimum absolute atomic E-state index is 0.570. The quantitative estimate of drug-likeness (QED) is 0.793. The van der Waals surface area contributed by atoms with E-state index in [0.29, 0.717) is 23.2 Å². The molecular weight excluding hydrogens is 309 g/mol. The number of ether oxygens (including phenoxy) is 1. The summed E-state index contributed by atoms with van der Waals surface area (Å²) in [6.07, 6.45) is 1.90. The number of nitrogens with zero attached hydrogens (tertiary/aromatic N) is 2. The van der Waals surface area contributed by atoms with Crippen molar-refractivity contribution in [3.63, 3.8) is 0 Å². The third-order valence-electron chi connectivity index (χ3n) is 3.32. The van der Waals surface area contributed by atoms with Gasteiger partial charge >= 0.3 is 0 Å². The molecule has 0 atom stereocenters. The number of methoxy groups -OCH3 is 1. The fourth-order valence-corrected chi connectivity index (χ4v) is 2.35. The summed E-state index contributed by atoms with van der Waals surface area (Å²) in [6, 6.07) is 5.65. The van der Waals surface area contributed by atoms with Crippen molar-refractivity contribution in [3.8, 4) is 0 Å². The molecule has 0 saturated heterocycles. The van der Waals surface area contributed by atoms with E-state index >= 15 is 0 Å². The van der Waals surface area contributed by atoms with Crippen molar-refractivity contribution < 1.29 is 4.74 Å². The monoisotopic (exact) mass is 327 g/mol. The zero-order chi connectivity index (χ0) is 15.2. The molecule has 1 heterocycles. The number of aromatic nitrogens is 2. The van der Waals surface area contributed by atoms with Gasteiger partial charge in [-0.2, -0.15) is 5.10 Å². The van der Waals surface area contributed by atoms with Crippen LogP contribution in [0.5, 0.6) is 0 Å². The van der Waals surface area contributed by atoms with Crippen LogP contribution in [0.2, 0.25) is 10.0 Å². The predicted molar refractivity (Wildman–Crippen MR) is 86.1 cm³/mol. The molecule has 2 rings (SSSR count). The van der Waals surface area contributed by atoms with Crippen molar-refractivity contribution >= 4 is 23.2 Å². The second kappa shape index (κ2) is 7.80. The highest BCUT2D eigenvalue weighted by atomic mass is 35.5. The highest BCUT2D eigenvalue weighted by molar-refractivity contribution is 6.42. The first kappa shape index (κ1) is 16.3. The lowest BCUT2D eigenvalue weighted by molar-refractivity contribution is 0.199. The Balaban J connectivity index is 2.00. The average Bonchev–Trinajstić information content (AvgIpc) is 2.80. The van der Waals surface area contributed by atoms with Gasteiger partial charge in [0.15, 0.2) is 0 Å². The van der Waals surface area contributed by atoms with E-state index in [-0.39, 0.29) is 0 Å². The van der Waals surface area contributed by atoms with E-state index < -0.39 is 0 Å². The van der Waals surface area contributed by atoms with Crippen LogP contribution in [0.4, 0.5) is 0 Å². The summed E-state index contributed by atoms with van der Waals surface area (Å²) in [5.74, 6) is 0. The Labute approximate surface area is 135 Å². The van der Waals surface area contributed by atoms with Crippen LogP contribution in [0.1, 0.15) is 16.8 Å². The largest absolute Gasteiger partial charge is 0.383 e. The van der Waals surface area contributed by atoms with E-state index in [2.05, 4.69) is 17.3 Å². The van der Waals surface area contributed by atoms with E-state index in [1.54, 1.807) is 7.11 Å². The van der Waals surface area contributed by atoms with E-state index in [1.165, 1.54) is 5.56 Å². The summed E-state index contributed by atoms with van der Waals surface area (Å²) >= 11 is 12.0. The van der Waals surface area contributed by atoms with Gasteiger partial charge in [0.1, 0.15) is 0 Å². The third kappa shape index (κ3) is 4.45. The number of hydrogen-bond acceptors (Lipinski definition) is 3. The second-order valence-corrected chi connectivity index (χ2v) is 5.65. The minimum atomic E-state index is 0.570. The van der Waals surface area contributed by atoms with Gasteiger partial charge in [-0.1, -0.05) is 29.3 Å². The molecule has 0 radical (unpaired) electrons. The fraction of sp³-hybridized carbons (Fsp3) is 0.400. The molecular formula is C15H19Cl2N3O. The van der Waals surface area contributed by atoms with Gasteiger partial charge in [0.2, 0.25) is 0 Å². The van der Waals surface area contributed by atoms with Crippen molar-refractivity contribution in [1.29, 1.82) is 0 Å². The van der Waals surface area contributed by atoms with Gasteiger partial charge in [-0.15, -0.1) is 0 Å². The van der Waals surface area contributed by atoms with Crippen molar-refractivity contribution in [2.24, 2.45) is 0 Å². The maximum Gasteiger partial charge on any atom is 0.0663 e. The van der Waals surface area contributed by atoms with Crippen LogP contribution < -0.4 is 5.32 Å². The number of nitrogens with one attached hydrogen (secondary N) is 1. The highest BCUT2D eigenvalue weighted by Gasteiger charge is 2.07. The molecule has 1 aromatic carbocycles. The Kier molecular flexibility index (Phi) is 6.06. The summed E-state index contributed by atoms with van der Waals surface area (Å²) < 4.78 is 6.97. The summed E-state index contributed by atoms with van der Waals surface area (Å²) in [5, 5.41) is 8.89. The maximum atomic E-state index is 6.04. The first-order valence-electron chi connectivity index (χ1n) is 6.76. The molecule has 4 nitrogen and oxygen atoms in total. The summed E-state index contributed by atoms with van der Waals surface area (Å²) in [4.78, 5) is 0. The molecule has 1 N–H and O–H groups in total. The maximum absolute atomic E-state index is 6.04. The van der Waals surface area contributed by atoms with Crippen LogP contribution >= 0.6 is 23.2 Å². The highest BCUT2D eigenvalue weighted by Crippen LogP contribution is 2.23. The zero-order valence-corrected chi connectivity index (χ0v) is 13.7. The van der Waals surface area contributed by atoms with Gasteiger partial charge in [-0.25, -0.2) is 0 Å². The summed E-state index contributed by atoms with van der Waals surface area (Å²) in [5.41, 5.74) is 3.41. The van der Waals surface area contributed by atoms with Gasteiger partial charge in [-0.05, 0) is 24.6 Å². The van der Waals surface area contributed by atoms with Gasteiger partial charge in [-0.3, -0.25) is 4.68 Å². The molecule has 0 amide bonds. The first-order chi connectivity index (χ1) is 10.1. The molecule has 2 aromatic rings. The lowest BCUT2D eigenvalue weighted by atomic mass is 10.2. The molecule has 21 heavy (non-hydrogen) atoms. The van der Waals surface area contributed by atoms with E-state index in [0.717, 1.165) is 24.3 Å². The fourth-order valence-electron chi connectivity index (χ4n) is 2.03. The molecule has 0 aliphatic heterocycles. The van der Waals surface area contributed by atoms with E-state index in [4.69, 9.17) is 27.9 Å². The Morgan fingerprint density at radius 2 is 2.10 bits per heavy atom. The predicted octanol–water partition coefficient (Wildman–Crippen LogP) is 3.28. The molecule has 0 aliphatic rings. The standard InChI is InChI=1S/C15H19Cl2N3O/c1-11-13(8-18-5-6-21-2)9-19-20(11)10-12-3-4-14(16)15(17)7-12/h3-4,7,9,18H,5-6,8,10H2,1-2H3. The Morgan fingerprint density at radius 1 is 1.29 bits per heavy atom. The smallest absolute Gasteiger partial charge is 0.0663 e. The van der Waals surface area contributed by atoms with Crippen molar-refractivity contribution in [3.05, 3.63) is 51.3 Å². The molecule has 6 heteroatoms. The van der Waals surface area contributed by atoms with Gasteiger partial charge in [0.05, 0.1) is 29.4 Å². The van der Waals surface area contributed by atoms with Gasteiger partial charge in [0, 0.05) is 31.5 Å². The van der Waals surface area contributed by atoms with Crippen molar-refractivity contribution in [1.82, 2.24) is 15.1 Å². The lowest BCUT2D eigenvalue weighted by Gasteiger charge is -2.07. The van der Waals surface area contributed by atoms with Crippen LogP contribution in [0, 0.1) is 6.92 Å². The lowest BCUT2D eigenvalue weighted by Crippen LogP contribution is -2.18. The molecule has 0 fully saturated rings. The number of halogens is 2. The van der Waals surface area contributed by atoms with Crippen molar-refractivity contribution in [2.75, 3.05) is 20.3 Å². The van der Waals surface area contributed by atoms with Crippen LogP contribution in [-0.4, -0.2) is 30.0 Å². The first-order valence-corrected chi connectivity index (χ1v) is 7.52. The van der Waals surface area contributed by atoms with E-state index in [9.17, 15) is 0 Å². The minimum Gasteiger partial charge on any atom is -0.383 e. The van der Waals surface area contributed by atoms with Crippen LogP contribution in [-0.2, 0) is 17.8 Å². The number of hydrogen-bond donors (Lipinski definition) is 1. The summed E-state index contributed by atoms with van der Waals surface area (Å²) in [6.45, 7) is 5.07. The summed E-state index contributed by atoms with van der Waals surface area (Å²) in [7, 11) is 1.70.